The third-order valence-electron chi connectivity index (χ3n) is 5.78. The van der Waals surface area contributed by atoms with Gasteiger partial charge in [-0.15, -0.1) is 0 Å². The second-order valence-corrected chi connectivity index (χ2v) is 7.97. The number of nitrogens with zero attached hydrogens (tertiary/aromatic N) is 1. The molecule has 166 valence electrons. The van der Waals surface area contributed by atoms with E-state index in [2.05, 4.69) is 10.6 Å². The number of esters is 1. The van der Waals surface area contributed by atoms with Crippen LogP contribution in [0.3, 0.4) is 0 Å². The minimum absolute atomic E-state index is 0.00823. The van der Waals surface area contributed by atoms with Crippen LogP contribution in [-0.2, 0) is 19.1 Å². The highest BCUT2D eigenvalue weighted by Gasteiger charge is 2.52. The molecule has 2 N–H and O–H groups in total. The van der Waals surface area contributed by atoms with E-state index in [0.717, 1.165) is 12.8 Å². The summed E-state index contributed by atoms with van der Waals surface area (Å²) in [7, 11) is 0. The third-order valence-corrected chi connectivity index (χ3v) is 5.78. The maximum absolute atomic E-state index is 12.6. The fourth-order valence-corrected chi connectivity index (χ4v) is 4.11. The van der Waals surface area contributed by atoms with E-state index in [4.69, 9.17) is 14.2 Å². The van der Waals surface area contributed by atoms with Crippen molar-refractivity contribution in [3.8, 4) is 11.5 Å². The zero-order valence-electron chi connectivity index (χ0n) is 17.3. The Morgan fingerprint density at radius 3 is 2.74 bits per heavy atom. The summed E-state index contributed by atoms with van der Waals surface area (Å²) in [6.45, 7) is 1.74. The summed E-state index contributed by atoms with van der Waals surface area (Å²) >= 11 is 0. The molecule has 2 aliphatic heterocycles. The fourth-order valence-electron chi connectivity index (χ4n) is 4.11. The van der Waals surface area contributed by atoms with Crippen LogP contribution in [0.2, 0.25) is 0 Å². The lowest BCUT2D eigenvalue weighted by atomic mass is 9.98. The predicted molar refractivity (Wildman–Crippen MR) is 107 cm³/mol. The SMILES string of the molecule is C[C@@H](OC(=O)CCCN1C(=O)NC2(CCCC2)C1=O)C(=O)Nc1ccc2c(c1)OCO2. The number of rotatable bonds is 7. The van der Waals surface area contributed by atoms with Crippen LogP contribution < -0.4 is 20.1 Å². The van der Waals surface area contributed by atoms with Gasteiger partial charge in [-0.2, -0.15) is 0 Å². The summed E-state index contributed by atoms with van der Waals surface area (Å²) in [5.74, 6) is -0.135. The Balaban J connectivity index is 1.21. The van der Waals surface area contributed by atoms with Crippen molar-refractivity contribution in [1.29, 1.82) is 0 Å². The Kier molecular flexibility index (Phi) is 5.71. The van der Waals surface area contributed by atoms with E-state index in [-0.39, 0.29) is 32.1 Å². The van der Waals surface area contributed by atoms with Gasteiger partial charge in [0, 0.05) is 24.7 Å². The van der Waals surface area contributed by atoms with E-state index in [1.54, 1.807) is 18.2 Å². The van der Waals surface area contributed by atoms with E-state index in [1.807, 2.05) is 0 Å². The van der Waals surface area contributed by atoms with Gasteiger partial charge in [0.15, 0.2) is 17.6 Å². The summed E-state index contributed by atoms with van der Waals surface area (Å²) in [5, 5.41) is 5.46. The van der Waals surface area contributed by atoms with E-state index >= 15 is 0 Å². The molecule has 10 nitrogen and oxygen atoms in total. The molecule has 0 unspecified atom stereocenters. The topological polar surface area (TPSA) is 123 Å². The number of benzene rings is 1. The van der Waals surface area contributed by atoms with Crippen LogP contribution in [0.15, 0.2) is 18.2 Å². The van der Waals surface area contributed by atoms with Crippen molar-refractivity contribution < 1.29 is 33.4 Å². The standard InChI is InChI=1S/C21H25N3O7/c1-13(18(26)22-14-6-7-15-16(11-14)30-12-29-15)31-17(25)5-4-10-24-19(27)21(23-20(24)28)8-2-3-9-21/h6-7,11,13H,2-5,8-10,12H2,1H3,(H,22,26)(H,23,28)/t13-/m1/s1. The van der Waals surface area contributed by atoms with Crippen LogP contribution in [0.25, 0.3) is 0 Å². The van der Waals surface area contributed by atoms with E-state index < -0.39 is 29.6 Å². The Hall–Kier alpha value is -3.30. The molecule has 1 atom stereocenters. The molecule has 1 spiro atoms. The van der Waals surface area contributed by atoms with Gasteiger partial charge in [0.1, 0.15) is 5.54 Å². The number of hydrogen-bond acceptors (Lipinski definition) is 7. The van der Waals surface area contributed by atoms with Crippen molar-refractivity contribution in [3.05, 3.63) is 18.2 Å². The van der Waals surface area contributed by atoms with Crippen molar-refractivity contribution in [2.24, 2.45) is 0 Å². The normalized spacial score (nSPS) is 19.5. The molecule has 1 aliphatic carbocycles. The summed E-state index contributed by atoms with van der Waals surface area (Å²) < 4.78 is 15.7. The van der Waals surface area contributed by atoms with Gasteiger partial charge in [0.2, 0.25) is 6.79 Å². The van der Waals surface area contributed by atoms with Crippen LogP contribution >= 0.6 is 0 Å². The van der Waals surface area contributed by atoms with Crippen molar-refractivity contribution >= 4 is 29.5 Å². The number of amides is 4. The maximum Gasteiger partial charge on any atom is 0.325 e. The van der Waals surface area contributed by atoms with E-state index in [1.165, 1.54) is 11.8 Å². The van der Waals surface area contributed by atoms with E-state index in [9.17, 15) is 19.2 Å². The fraction of sp³-hybridized carbons (Fsp3) is 0.524. The highest BCUT2D eigenvalue weighted by molar-refractivity contribution is 6.07. The van der Waals surface area contributed by atoms with Crippen LogP contribution in [0.5, 0.6) is 11.5 Å². The number of imide groups is 1. The molecule has 0 bridgehead atoms. The highest BCUT2D eigenvalue weighted by Crippen LogP contribution is 2.35. The number of anilines is 1. The lowest BCUT2D eigenvalue weighted by Crippen LogP contribution is -2.44. The number of fused-ring (bicyclic) bond motifs is 1. The van der Waals surface area contributed by atoms with Gasteiger partial charge >= 0.3 is 12.0 Å². The first-order valence-corrected chi connectivity index (χ1v) is 10.4. The highest BCUT2D eigenvalue weighted by atomic mass is 16.7. The molecular formula is C21H25N3O7. The van der Waals surface area contributed by atoms with Crippen molar-refractivity contribution in [1.82, 2.24) is 10.2 Å². The van der Waals surface area contributed by atoms with Gasteiger partial charge < -0.3 is 24.8 Å². The molecule has 2 heterocycles. The summed E-state index contributed by atoms with van der Waals surface area (Å²) in [4.78, 5) is 50.3. The van der Waals surface area contributed by atoms with Crippen molar-refractivity contribution in [2.75, 3.05) is 18.7 Å². The number of nitrogens with one attached hydrogen (secondary N) is 2. The molecule has 31 heavy (non-hydrogen) atoms. The van der Waals surface area contributed by atoms with Crippen molar-refractivity contribution in [3.63, 3.8) is 0 Å². The Labute approximate surface area is 179 Å². The molecule has 1 aromatic rings. The number of ether oxygens (including phenoxy) is 3. The smallest absolute Gasteiger partial charge is 0.325 e. The second kappa shape index (κ2) is 8.44. The van der Waals surface area contributed by atoms with E-state index in [0.29, 0.717) is 30.0 Å². The number of carbonyl (C=O) groups is 4. The van der Waals surface area contributed by atoms with Gasteiger partial charge in [-0.1, -0.05) is 12.8 Å². The summed E-state index contributed by atoms with van der Waals surface area (Å²) in [6, 6.07) is 4.57. The molecule has 10 heteroatoms. The summed E-state index contributed by atoms with van der Waals surface area (Å²) in [6.07, 6.45) is 2.40. The Morgan fingerprint density at radius 1 is 1.23 bits per heavy atom. The molecule has 1 saturated carbocycles. The zero-order valence-corrected chi connectivity index (χ0v) is 17.3. The minimum atomic E-state index is -1.00. The monoisotopic (exact) mass is 431 g/mol. The lowest BCUT2D eigenvalue weighted by molar-refractivity contribution is -0.153. The first kappa shape index (κ1) is 21.0. The second-order valence-electron chi connectivity index (χ2n) is 7.97. The number of carbonyl (C=O) groups excluding carboxylic acids is 4. The van der Waals surface area contributed by atoms with Crippen LogP contribution in [0.1, 0.15) is 45.4 Å². The molecule has 2 fully saturated rings. The molecule has 1 aromatic carbocycles. The molecule has 4 rings (SSSR count). The maximum atomic E-state index is 12.6. The molecule has 4 amide bonds. The molecule has 0 aromatic heterocycles. The average molecular weight is 431 g/mol. The first-order valence-electron chi connectivity index (χ1n) is 10.4. The number of hydrogen-bond donors (Lipinski definition) is 2. The zero-order chi connectivity index (χ0) is 22.0. The quantitative estimate of drug-likeness (QED) is 0.499. The average Bonchev–Trinajstić information content (AvgIpc) is 3.44. The lowest BCUT2D eigenvalue weighted by Gasteiger charge is -2.20. The van der Waals surface area contributed by atoms with Gasteiger partial charge in [0.05, 0.1) is 0 Å². The summed E-state index contributed by atoms with van der Waals surface area (Å²) in [5.41, 5.74) is -0.254. The Bertz CT molecular complexity index is 910. The van der Waals surface area contributed by atoms with Gasteiger partial charge in [-0.3, -0.25) is 19.3 Å². The van der Waals surface area contributed by atoms with Gasteiger partial charge in [-0.25, -0.2) is 4.79 Å². The molecule has 1 saturated heterocycles. The molecule has 0 radical (unpaired) electrons. The Morgan fingerprint density at radius 2 is 1.97 bits per heavy atom. The van der Waals surface area contributed by atoms with Gasteiger partial charge in [-0.05, 0) is 38.3 Å². The minimum Gasteiger partial charge on any atom is -0.454 e. The molecular weight excluding hydrogens is 406 g/mol. The largest absolute Gasteiger partial charge is 0.454 e. The van der Waals surface area contributed by atoms with Crippen molar-refractivity contribution in [2.45, 2.75) is 57.1 Å². The predicted octanol–water partition coefficient (Wildman–Crippen LogP) is 1.93. The first-order chi connectivity index (χ1) is 14.9. The van der Waals surface area contributed by atoms with Gasteiger partial charge in [0.25, 0.3) is 11.8 Å². The van der Waals surface area contributed by atoms with Crippen LogP contribution in [0.4, 0.5) is 10.5 Å². The number of urea groups is 1. The molecule has 3 aliphatic rings. The van der Waals surface area contributed by atoms with Crippen LogP contribution in [-0.4, -0.2) is 53.7 Å². The third kappa shape index (κ3) is 4.28. The van der Waals surface area contributed by atoms with Crippen LogP contribution in [0, 0.1) is 0 Å².